The average Bonchev–Trinajstić information content (AvgIpc) is 3.86. The Morgan fingerprint density at radius 1 is 0.630 bits per heavy atom. The number of allylic oxidation sites excluding steroid dienone is 2. The number of benzene rings is 8. The van der Waals surface area contributed by atoms with Crippen LogP contribution < -0.4 is 15.7 Å². The number of carbonyl (C=O) groups excluding carboxylic acids is 1. The van der Waals surface area contributed by atoms with E-state index in [0.717, 1.165) is 19.3 Å². The number of hydrogen-bond acceptors (Lipinski definition) is 2. The average molecular weight is 683 g/mol. The molecule has 2 nitrogen and oxygen atoms in total. The Labute approximate surface area is 305 Å². The predicted molar refractivity (Wildman–Crippen MR) is 219 cm³/mol. The Hall–Kier alpha value is -5.99. The molecule has 0 amide bonds. The summed E-state index contributed by atoms with van der Waals surface area (Å²) < 4.78 is 5.30. The lowest BCUT2D eigenvalue weighted by atomic mass is 9.68. The van der Waals surface area contributed by atoms with E-state index in [1.54, 1.807) is 76.1 Å². The SMILES string of the molecule is COC(=O)CCCC1(c2ccccc2)C23C4=c5ccc6c7c8c9c%10c%11c(ccc%12c%13ccc%14c%15c(c%16c%17c2c5c6c8c%17c%10c%16c(c%15%13)c%12%11)C13C=%14C=C4)C9CC=7. The topological polar surface area (TPSA) is 26.3 Å². The van der Waals surface area contributed by atoms with Crippen LogP contribution in [0.5, 0.6) is 0 Å². The van der Waals surface area contributed by atoms with Crippen LogP contribution in [-0.4, -0.2) is 13.1 Å². The molecular formula is C52H26O2. The molecule has 2 spiro atoms. The van der Waals surface area contributed by atoms with Crippen LogP contribution in [0, 0.1) is 0 Å². The van der Waals surface area contributed by atoms with Gasteiger partial charge in [-0.05, 0) is 171 Å². The van der Waals surface area contributed by atoms with Gasteiger partial charge in [-0.15, -0.1) is 0 Å². The van der Waals surface area contributed by atoms with Crippen molar-refractivity contribution < 1.29 is 9.53 Å². The van der Waals surface area contributed by atoms with Crippen molar-refractivity contribution in [2.24, 2.45) is 0 Å². The van der Waals surface area contributed by atoms with E-state index in [1.165, 1.54) is 82.6 Å². The number of rotatable bonds is 5. The fourth-order valence-corrected chi connectivity index (χ4v) is 16.5. The van der Waals surface area contributed by atoms with Crippen molar-refractivity contribution in [3.05, 3.63) is 122 Å². The molecular weight excluding hydrogens is 657 g/mol. The lowest BCUT2D eigenvalue weighted by Crippen LogP contribution is -2.27. The van der Waals surface area contributed by atoms with Gasteiger partial charge in [0.2, 0.25) is 0 Å². The van der Waals surface area contributed by atoms with Gasteiger partial charge in [0.05, 0.1) is 7.11 Å². The molecule has 2 heteroatoms. The number of hydrogen-bond donors (Lipinski definition) is 0. The van der Waals surface area contributed by atoms with Gasteiger partial charge in [0, 0.05) is 28.6 Å². The fraction of sp³-hybridized carbons (Fsp3) is 0.173. The molecule has 4 atom stereocenters. The molecule has 7 aliphatic carbocycles. The second kappa shape index (κ2) is 6.80. The van der Waals surface area contributed by atoms with E-state index in [9.17, 15) is 4.79 Å². The number of methoxy groups -OCH3 is 1. The van der Waals surface area contributed by atoms with Gasteiger partial charge >= 0.3 is 5.97 Å². The van der Waals surface area contributed by atoms with E-state index >= 15 is 0 Å². The highest BCUT2D eigenvalue weighted by Gasteiger charge is 2.93. The Morgan fingerprint density at radius 3 is 1.96 bits per heavy atom. The minimum absolute atomic E-state index is 0.109. The summed E-state index contributed by atoms with van der Waals surface area (Å²) in [5.41, 5.74) is 10.1. The molecule has 4 unspecified atom stereocenters. The van der Waals surface area contributed by atoms with Crippen molar-refractivity contribution in [3.63, 3.8) is 0 Å². The first-order valence-electron chi connectivity index (χ1n) is 20.0. The normalized spacial score (nSPS) is 26.9. The second-order valence-electron chi connectivity index (χ2n) is 18.1. The number of carbonyl (C=O) groups is 1. The molecule has 0 saturated heterocycles. The third kappa shape index (κ3) is 1.75. The maximum absolute atomic E-state index is 12.9. The van der Waals surface area contributed by atoms with Crippen LogP contribution in [0.25, 0.3) is 114 Å². The third-order valence-electron chi connectivity index (χ3n) is 17.3. The van der Waals surface area contributed by atoms with Gasteiger partial charge in [-0.25, -0.2) is 0 Å². The molecule has 54 heavy (non-hydrogen) atoms. The van der Waals surface area contributed by atoms with E-state index in [-0.39, 0.29) is 22.2 Å². The molecule has 1 fully saturated rings. The Bertz CT molecular complexity index is 4070. The summed E-state index contributed by atoms with van der Waals surface area (Å²) in [7, 11) is 1.54. The van der Waals surface area contributed by atoms with Gasteiger partial charge in [-0.1, -0.05) is 85.0 Å². The van der Waals surface area contributed by atoms with Crippen molar-refractivity contribution in [1.29, 1.82) is 0 Å². The monoisotopic (exact) mass is 682 g/mol. The zero-order valence-corrected chi connectivity index (χ0v) is 29.3. The van der Waals surface area contributed by atoms with Crippen LogP contribution in [0.4, 0.5) is 0 Å². The molecule has 11 aromatic rings. The van der Waals surface area contributed by atoms with Crippen LogP contribution in [0.1, 0.15) is 59.4 Å². The summed E-state index contributed by atoms with van der Waals surface area (Å²) in [6.45, 7) is 0. The third-order valence-corrected chi connectivity index (χ3v) is 17.3. The summed E-state index contributed by atoms with van der Waals surface area (Å²) in [4.78, 5) is 12.9. The second-order valence-corrected chi connectivity index (χ2v) is 18.1. The first kappa shape index (κ1) is 25.1. The first-order chi connectivity index (χ1) is 26.7. The number of ether oxygens (including phenoxy) is 1. The smallest absolute Gasteiger partial charge is 0.305 e. The minimum atomic E-state index is -0.264. The first-order valence-corrected chi connectivity index (χ1v) is 20.0. The van der Waals surface area contributed by atoms with Crippen molar-refractivity contribution in [1.82, 2.24) is 0 Å². The Morgan fingerprint density at radius 2 is 1.24 bits per heavy atom. The zero-order valence-electron chi connectivity index (χ0n) is 29.3. The minimum Gasteiger partial charge on any atom is -0.469 e. The summed E-state index contributed by atoms with van der Waals surface area (Å²) >= 11 is 0. The standard InChI is InChI=1S/C52H26O2/c1-54-31(53)8-5-19-50(20-6-3-2-4-7-20)51-29-17-18-30-28-16-14-26-24-12-10-22-21-9-11-23-25-13-15-27(29)38-36(25)41-34(23)32(21)40-33(22)35(24)42-37(26)39(28)49(52(30,50)51)47-45(42)43(40)44(41)46(47)48(38)51/h2-4,6-7,9,11-18,22H,5,8,10,19H2,1H3. The van der Waals surface area contributed by atoms with Gasteiger partial charge in [0.1, 0.15) is 0 Å². The molecule has 0 aromatic heterocycles. The quantitative estimate of drug-likeness (QED) is 0.134. The van der Waals surface area contributed by atoms with Crippen molar-refractivity contribution >= 4 is 120 Å². The fourth-order valence-electron chi connectivity index (χ4n) is 16.5. The highest BCUT2D eigenvalue weighted by atomic mass is 16.5. The van der Waals surface area contributed by atoms with E-state index in [4.69, 9.17) is 4.74 Å². The number of esters is 1. The lowest BCUT2D eigenvalue weighted by Gasteiger charge is -2.32. The highest BCUT2D eigenvalue weighted by molar-refractivity contribution is 6.59. The highest BCUT2D eigenvalue weighted by Crippen LogP contribution is 2.92. The predicted octanol–water partition coefficient (Wildman–Crippen LogP) is 9.29. The van der Waals surface area contributed by atoms with E-state index in [0.29, 0.717) is 12.3 Å². The number of fused-ring (bicyclic) bond motifs is 3. The Balaban J connectivity index is 1.23. The summed E-state index contributed by atoms with van der Waals surface area (Å²) in [5.74, 6) is 0.320. The van der Waals surface area contributed by atoms with Crippen LogP contribution >= 0.6 is 0 Å². The molecule has 0 aliphatic heterocycles. The molecule has 1 saturated carbocycles. The van der Waals surface area contributed by atoms with Gasteiger partial charge in [0.15, 0.2) is 0 Å². The van der Waals surface area contributed by atoms with Crippen molar-refractivity contribution in [2.75, 3.05) is 7.11 Å². The molecule has 11 aromatic carbocycles. The summed E-state index contributed by atoms with van der Waals surface area (Å²) in [5, 5.41) is 32.1. The van der Waals surface area contributed by atoms with Gasteiger partial charge in [-0.2, -0.15) is 0 Å². The Kier molecular flexibility index (Phi) is 3.16. The van der Waals surface area contributed by atoms with Crippen molar-refractivity contribution in [3.8, 4) is 0 Å². The zero-order chi connectivity index (χ0) is 34.3. The largest absolute Gasteiger partial charge is 0.469 e. The molecule has 18 rings (SSSR count). The molecule has 7 aliphatic rings. The van der Waals surface area contributed by atoms with Crippen LogP contribution in [-0.2, 0) is 25.8 Å². The van der Waals surface area contributed by atoms with E-state index in [2.05, 4.69) is 85.0 Å². The van der Waals surface area contributed by atoms with Gasteiger partial charge < -0.3 is 4.74 Å². The summed E-state index contributed by atoms with van der Waals surface area (Å²) in [6.07, 6.45) is 11.0. The summed E-state index contributed by atoms with van der Waals surface area (Å²) in [6, 6.07) is 26.6. The lowest BCUT2D eigenvalue weighted by molar-refractivity contribution is -0.140. The van der Waals surface area contributed by atoms with E-state index in [1.807, 2.05) is 0 Å². The van der Waals surface area contributed by atoms with Gasteiger partial charge in [0.25, 0.3) is 0 Å². The molecule has 0 radical (unpaired) electrons. The van der Waals surface area contributed by atoms with E-state index < -0.39 is 0 Å². The maximum Gasteiger partial charge on any atom is 0.305 e. The maximum atomic E-state index is 12.9. The van der Waals surface area contributed by atoms with Crippen LogP contribution in [0.3, 0.4) is 0 Å². The molecule has 0 bridgehead atoms. The molecule has 0 heterocycles. The molecule has 246 valence electrons. The van der Waals surface area contributed by atoms with Crippen molar-refractivity contribution in [2.45, 2.75) is 47.8 Å². The molecule has 0 N–H and O–H groups in total. The van der Waals surface area contributed by atoms with Crippen LogP contribution in [0.15, 0.2) is 78.9 Å². The van der Waals surface area contributed by atoms with Crippen LogP contribution in [0.2, 0.25) is 0 Å². The van der Waals surface area contributed by atoms with Gasteiger partial charge in [-0.3, -0.25) is 4.79 Å².